The summed E-state index contributed by atoms with van der Waals surface area (Å²) in [6.45, 7) is 2.22. The fourth-order valence-electron chi connectivity index (χ4n) is 3.11. The van der Waals surface area contributed by atoms with E-state index in [1.54, 1.807) is 23.9 Å². The number of halogens is 1. The maximum atomic E-state index is 13.4. The molecule has 0 spiro atoms. The average Bonchev–Trinajstić information content (AvgIpc) is 3.12. The average molecular weight is 413 g/mol. The van der Waals surface area contributed by atoms with E-state index >= 15 is 0 Å². The molecule has 0 unspecified atom stereocenters. The van der Waals surface area contributed by atoms with E-state index in [9.17, 15) is 9.18 Å². The van der Waals surface area contributed by atoms with Crippen molar-refractivity contribution in [3.8, 4) is 5.75 Å². The number of hydrogen-bond donors (Lipinski definition) is 2. The second-order valence-corrected chi connectivity index (χ2v) is 7.74. The maximum Gasteiger partial charge on any atom is 0.236 e. The Morgan fingerprint density at radius 1 is 1.21 bits per heavy atom. The van der Waals surface area contributed by atoms with Crippen molar-refractivity contribution in [1.29, 1.82) is 0 Å². The summed E-state index contributed by atoms with van der Waals surface area (Å²) >= 11 is 1.34. The Morgan fingerprint density at radius 3 is 2.62 bits per heavy atom. The van der Waals surface area contributed by atoms with Crippen LogP contribution in [-0.2, 0) is 11.3 Å². The minimum Gasteiger partial charge on any atom is -0.497 e. The topological polar surface area (TPSA) is 81.1 Å². The lowest BCUT2D eigenvalue weighted by molar-refractivity contribution is -0.121. The summed E-state index contributed by atoms with van der Waals surface area (Å²) in [4.78, 5) is 13.0. The number of benzene rings is 2. The number of rotatable bonds is 5. The molecular formula is C20H20FN5O2S. The van der Waals surface area contributed by atoms with Gasteiger partial charge in [0.15, 0.2) is 0 Å². The van der Waals surface area contributed by atoms with Gasteiger partial charge >= 0.3 is 0 Å². The highest BCUT2D eigenvalue weighted by Gasteiger charge is 2.37. The van der Waals surface area contributed by atoms with Crippen LogP contribution >= 0.6 is 11.8 Å². The minimum absolute atomic E-state index is 0.139. The molecule has 2 atom stereocenters. The number of fused-ring (bicyclic) bond motifs is 1. The van der Waals surface area contributed by atoms with Gasteiger partial charge in [0.05, 0.1) is 13.2 Å². The molecule has 7 nitrogen and oxygen atoms in total. The highest BCUT2D eigenvalue weighted by molar-refractivity contribution is 8.00. The summed E-state index contributed by atoms with van der Waals surface area (Å²) in [5.41, 5.74) is 5.07. The molecule has 1 amide bonds. The van der Waals surface area contributed by atoms with Crippen LogP contribution in [0, 0.1) is 12.7 Å². The Hall–Kier alpha value is -3.07. The monoisotopic (exact) mass is 413 g/mol. The van der Waals surface area contributed by atoms with Crippen LogP contribution in [0.15, 0.2) is 53.7 Å². The third-order valence-electron chi connectivity index (χ3n) is 4.71. The summed E-state index contributed by atoms with van der Waals surface area (Å²) < 4.78 is 20.3. The van der Waals surface area contributed by atoms with Crippen LogP contribution in [0.4, 0.5) is 4.39 Å². The Bertz CT molecular complexity index is 1010. The Balaban J connectivity index is 1.54. The summed E-state index contributed by atoms with van der Waals surface area (Å²) in [6, 6.07) is 13.3. The molecule has 0 saturated heterocycles. The molecule has 0 bridgehead atoms. The van der Waals surface area contributed by atoms with Gasteiger partial charge in [-0.1, -0.05) is 36.0 Å². The van der Waals surface area contributed by atoms with Crippen LogP contribution in [0.5, 0.6) is 5.75 Å². The van der Waals surface area contributed by atoms with Crippen LogP contribution < -0.4 is 15.5 Å². The zero-order chi connectivity index (χ0) is 20.4. The molecule has 1 aliphatic heterocycles. The summed E-state index contributed by atoms with van der Waals surface area (Å²) in [7, 11) is 1.61. The highest BCUT2D eigenvalue weighted by Crippen LogP contribution is 2.37. The lowest BCUT2D eigenvalue weighted by Crippen LogP contribution is -2.44. The zero-order valence-electron chi connectivity index (χ0n) is 15.9. The molecule has 3 aromatic rings. The van der Waals surface area contributed by atoms with Gasteiger partial charge in [-0.15, -0.1) is 10.2 Å². The van der Waals surface area contributed by atoms with Gasteiger partial charge in [0.1, 0.15) is 22.6 Å². The molecule has 2 N–H and O–H groups in total. The molecule has 1 aromatic heterocycles. The number of aromatic nitrogens is 3. The van der Waals surface area contributed by atoms with Crippen molar-refractivity contribution in [3.05, 3.63) is 71.3 Å². The van der Waals surface area contributed by atoms with Crippen molar-refractivity contribution in [3.63, 3.8) is 0 Å². The van der Waals surface area contributed by atoms with E-state index in [1.165, 1.54) is 23.9 Å². The van der Waals surface area contributed by atoms with Crippen molar-refractivity contribution in [2.45, 2.75) is 29.9 Å². The van der Waals surface area contributed by atoms with E-state index in [1.807, 2.05) is 31.2 Å². The Morgan fingerprint density at radius 2 is 1.93 bits per heavy atom. The van der Waals surface area contributed by atoms with Gasteiger partial charge in [0.2, 0.25) is 11.1 Å². The van der Waals surface area contributed by atoms with Gasteiger partial charge in [0.25, 0.3) is 0 Å². The van der Waals surface area contributed by atoms with Gasteiger partial charge in [-0.3, -0.25) is 4.79 Å². The number of carbonyl (C=O) groups excluding carboxylic acids is 1. The fourth-order valence-corrected chi connectivity index (χ4v) is 4.26. The maximum absolute atomic E-state index is 13.4. The van der Waals surface area contributed by atoms with E-state index in [4.69, 9.17) is 4.74 Å². The standard InChI is InChI=1S/C20H20FN5O2S/c1-12-23-24-20-26(12)25-17(14-5-7-15(21)8-6-14)18(29-20)19(27)22-11-13-3-9-16(28-2)10-4-13/h3-10,17-18,25H,11H2,1-2H3,(H,22,27)/t17-,18-/m1/s1. The number of aryl methyl sites for hydroxylation is 1. The number of methoxy groups -OCH3 is 1. The fraction of sp³-hybridized carbons (Fsp3) is 0.250. The van der Waals surface area contributed by atoms with Crippen molar-refractivity contribution in [1.82, 2.24) is 20.2 Å². The van der Waals surface area contributed by atoms with Gasteiger partial charge in [-0.25, -0.2) is 9.07 Å². The molecule has 1 aliphatic rings. The van der Waals surface area contributed by atoms with Crippen LogP contribution in [0.3, 0.4) is 0 Å². The van der Waals surface area contributed by atoms with Crippen molar-refractivity contribution in [2.75, 3.05) is 12.5 Å². The predicted octanol–water partition coefficient (Wildman–Crippen LogP) is 2.81. The van der Waals surface area contributed by atoms with Crippen LogP contribution in [0.1, 0.15) is 23.0 Å². The summed E-state index contributed by atoms with van der Waals surface area (Å²) in [5, 5.41) is 11.3. The smallest absolute Gasteiger partial charge is 0.236 e. The summed E-state index contributed by atoms with van der Waals surface area (Å²) in [5.74, 6) is 0.994. The molecule has 2 heterocycles. The molecule has 29 heavy (non-hydrogen) atoms. The van der Waals surface area contributed by atoms with Gasteiger partial charge in [-0.2, -0.15) is 0 Å². The van der Waals surface area contributed by atoms with Crippen molar-refractivity contribution in [2.24, 2.45) is 0 Å². The lowest BCUT2D eigenvalue weighted by Gasteiger charge is -2.32. The first-order valence-corrected chi connectivity index (χ1v) is 9.94. The number of carbonyl (C=O) groups is 1. The molecule has 0 radical (unpaired) electrons. The highest BCUT2D eigenvalue weighted by atomic mass is 32.2. The number of thioether (sulfide) groups is 1. The van der Waals surface area contributed by atoms with Crippen LogP contribution in [0.2, 0.25) is 0 Å². The van der Waals surface area contributed by atoms with E-state index in [0.29, 0.717) is 17.5 Å². The number of ether oxygens (including phenoxy) is 1. The zero-order valence-corrected chi connectivity index (χ0v) is 16.7. The van der Waals surface area contributed by atoms with Crippen molar-refractivity contribution < 1.29 is 13.9 Å². The van der Waals surface area contributed by atoms with Gasteiger partial charge < -0.3 is 15.5 Å². The Labute approximate surface area is 171 Å². The predicted molar refractivity (Wildman–Crippen MR) is 108 cm³/mol. The molecule has 150 valence electrons. The van der Waals surface area contributed by atoms with E-state index in [0.717, 1.165) is 16.9 Å². The van der Waals surface area contributed by atoms with Crippen LogP contribution in [-0.4, -0.2) is 33.1 Å². The minimum atomic E-state index is -0.491. The van der Waals surface area contributed by atoms with Crippen molar-refractivity contribution >= 4 is 17.7 Å². The SMILES string of the molecule is COc1ccc(CNC(=O)[C@@H]2Sc3nnc(C)n3N[C@@H]2c2ccc(F)cc2)cc1. The normalized spacial score (nSPS) is 17.9. The van der Waals surface area contributed by atoms with E-state index in [2.05, 4.69) is 20.9 Å². The number of nitrogens with zero attached hydrogens (tertiary/aromatic N) is 3. The third kappa shape index (κ3) is 4.04. The lowest BCUT2D eigenvalue weighted by atomic mass is 10.0. The molecular weight excluding hydrogens is 393 g/mol. The first-order valence-electron chi connectivity index (χ1n) is 9.06. The molecule has 0 fully saturated rings. The number of hydrogen-bond acceptors (Lipinski definition) is 6. The van der Waals surface area contributed by atoms with E-state index in [-0.39, 0.29) is 17.8 Å². The summed E-state index contributed by atoms with van der Waals surface area (Å²) in [6.07, 6.45) is 0. The molecule has 4 rings (SSSR count). The largest absolute Gasteiger partial charge is 0.497 e. The Kier molecular flexibility index (Phi) is 5.39. The first-order chi connectivity index (χ1) is 14.0. The third-order valence-corrected chi connectivity index (χ3v) is 5.93. The number of amides is 1. The van der Waals surface area contributed by atoms with Crippen LogP contribution in [0.25, 0.3) is 0 Å². The number of nitrogens with one attached hydrogen (secondary N) is 2. The van der Waals surface area contributed by atoms with E-state index < -0.39 is 5.25 Å². The first kappa shape index (κ1) is 19.3. The van der Waals surface area contributed by atoms with Gasteiger partial charge in [-0.05, 0) is 42.3 Å². The second-order valence-electron chi connectivity index (χ2n) is 6.63. The molecule has 9 heteroatoms. The second kappa shape index (κ2) is 8.12. The quantitative estimate of drug-likeness (QED) is 0.670. The molecule has 0 aliphatic carbocycles. The van der Waals surface area contributed by atoms with Gasteiger partial charge in [0, 0.05) is 6.54 Å². The molecule has 2 aromatic carbocycles. The molecule has 0 saturated carbocycles.